The zero-order chi connectivity index (χ0) is 20.9. The molecular formula is C21H20FN3O3S. The van der Waals surface area contributed by atoms with E-state index < -0.39 is 15.8 Å². The van der Waals surface area contributed by atoms with Crippen LogP contribution < -0.4 is 9.62 Å². The van der Waals surface area contributed by atoms with Crippen LogP contribution in [-0.4, -0.2) is 25.6 Å². The molecule has 0 unspecified atom stereocenters. The summed E-state index contributed by atoms with van der Waals surface area (Å²) in [5, 5.41) is 2.80. The van der Waals surface area contributed by atoms with Crippen molar-refractivity contribution >= 4 is 21.6 Å². The molecular weight excluding hydrogens is 393 g/mol. The Kier molecular flexibility index (Phi) is 6.23. The van der Waals surface area contributed by atoms with Gasteiger partial charge in [0, 0.05) is 24.5 Å². The van der Waals surface area contributed by atoms with Crippen LogP contribution in [-0.2, 0) is 23.1 Å². The summed E-state index contributed by atoms with van der Waals surface area (Å²) in [5.74, 6) is -0.876. The molecule has 0 aliphatic rings. The van der Waals surface area contributed by atoms with Gasteiger partial charge >= 0.3 is 0 Å². The average molecular weight is 413 g/mol. The summed E-state index contributed by atoms with van der Waals surface area (Å²) in [6, 6.07) is 15.9. The van der Waals surface area contributed by atoms with Crippen molar-refractivity contribution in [2.45, 2.75) is 13.1 Å². The topological polar surface area (TPSA) is 79.4 Å². The van der Waals surface area contributed by atoms with Crippen molar-refractivity contribution in [1.29, 1.82) is 0 Å². The molecule has 3 rings (SSSR count). The van der Waals surface area contributed by atoms with E-state index in [1.54, 1.807) is 48.8 Å². The number of aromatic nitrogens is 1. The molecule has 0 radical (unpaired) electrons. The van der Waals surface area contributed by atoms with Crippen LogP contribution in [0.15, 0.2) is 73.1 Å². The van der Waals surface area contributed by atoms with Gasteiger partial charge in [-0.25, -0.2) is 12.8 Å². The summed E-state index contributed by atoms with van der Waals surface area (Å²) in [7, 11) is -3.70. The number of para-hydroxylation sites is 1. The lowest BCUT2D eigenvalue weighted by atomic mass is 10.1. The van der Waals surface area contributed by atoms with Gasteiger partial charge in [-0.05, 0) is 41.5 Å². The second-order valence-electron chi connectivity index (χ2n) is 6.46. The first kappa shape index (κ1) is 20.5. The molecule has 29 heavy (non-hydrogen) atoms. The first-order valence-corrected chi connectivity index (χ1v) is 10.7. The fourth-order valence-corrected chi connectivity index (χ4v) is 3.64. The number of rotatable bonds is 7. The first-order chi connectivity index (χ1) is 13.8. The normalized spacial score (nSPS) is 11.1. The van der Waals surface area contributed by atoms with Crippen LogP contribution in [0.25, 0.3) is 0 Å². The lowest BCUT2D eigenvalue weighted by Crippen LogP contribution is -2.30. The molecule has 6 nitrogen and oxygen atoms in total. The van der Waals surface area contributed by atoms with Crippen molar-refractivity contribution in [3.63, 3.8) is 0 Å². The van der Waals surface area contributed by atoms with Gasteiger partial charge in [0.1, 0.15) is 5.82 Å². The zero-order valence-corrected chi connectivity index (χ0v) is 16.6. The number of nitrogens with zero attached hydrogens (tertiary/aromatic N) is 2. The fourth-order valence-electron chi connectivity index (χ4n) is 2.75. The predicted molar refractivity (Wildman–Crippen MR) is 109 cm³/mol. The summed E-state index contributed by atoms with van der Waals surface area (Å²) in [5.41, 5.74) is 1.93. The Morgan fingerprint density at radius 1 is 1.03 bits per heavy atom. The number of hydrogen-bond acceptors (Lipinski definition) is 4. The van der Waals surface area contributed by atoms with Gasteiger partial charge in [0.25, 0.3) is 5.91 Å². The lowest BCUT2D eigenvalue weighted by Gasteiger charge is -2.23. The maximum atomic E-state index is 14.1. The van der Waals surface area contributed by atoms with E-state index in [1.165, 1.54) is 18.2 Å². The highest BCUT2D eigenvalue weighted by Crippen LogP contribution is 2.23. The minimum Gasteiger partial charge on any atom is -0.348 e. The molecule has 0 spiro atoms. The number of pyridine rings is 1. The van der Waals surface area contributed by atoms with Crippen LogP contribution in [0.3, 0.4) is 0 Å². The van der Waals surface area contributed by atoms with Gasteiger partial charge in [-0.2, -0.15) is 0 Å². The van der Waals surface area contributed by atoms with E-state index in [2.05, 4.69) is 10.3 Å². The number of anilines is 1. The minimum absolute atomic E-state index is 0.0201. The average Bonchev–Trinajstić information content (AvgIpc) is 2.71. The van der Waals surface area contributed by atoms with Crippen molar-refractivity contribution in [1.82, 2.24) is 10.3 Å². The smallest absolute Gasteiger partial charge is 0.251 e. The Balaban J connectivity index is 1.71. The van der Waals surface area contributed by atoms with E-state index in [0.717, 1.165) is 16.1 Å². The molecule has 150 valence electrons. The first-order valence-electron chi connectivity index (χ1n) is 8.83. The van der Waals surface area contributed by atoms with E-state index in [1.807, 2.05) is 6.07 Å². The molecule has 0 aliphatic heterocycles. The van der Waals surface area contributed by atoms with Crippen LogP contribution in [0.1, 0.15) is 21.5 Å². The summed E-state index contributed by atoms with van der Waals surface area (Å²) >= 11 is 0. The largest absolute Gasteiger partial charge is 0.348 e. The number of hydrogen-bond donors (Lipinski definition) is 1. The van der Waals surface area contributed by atoms with Crippen molar-refractivity contribution < 1.29 is 17.6 Å². The summed E-state index contributed by atoms with van der Waals surface area (Å²) in [6.45, 7) is 0.306. The molecule has 2 aromatic carbocycles. The second-order valence-corrected chi connectivity index (χ2v) is 8.37. The van der Waals surface area contributed by atoms with Gasteiger partial charge in [0.05, 0.1) is 18.5 Å². The van der Waals surface area contributed by atoms with Gasteiger partial charge in [-0.15, -0.1) is 0 Å². The molecule has 0 saturated heterocycles. The predicted octanol–water partition coefficient (Wildman–Crippen LogP) is 3.12. The SMILES string of the molecule is CS(=O)(=O)N(Cc1ccc(C(=O)NCc2cccnc2)cc1)c1ccccc1F. The number of carbonyl (C=O) groups is 1. The number of halogens is 1. The molecule has 1 heterocycles. The molecule has 0 aliphatic carbocycles. The van der Waals surface area contributed by atoms with E-state index in [4.69, 9.17) is 0 Å². The Morgan fingerprint density at radius 3 is 2.38 bits per heavy atom. The summed E-state index contributed by atoms with van der Waals surface area (Å²) < 4.78 is 39.5. The van der Waals surface area contributed by atoms with Crippen LogP contribution in [0.4, 0.5) is 10.1 Å². The van der Waals surface area contributed by atoms with Gasteiger partial charge in [-0.1, -0.05) is 30.3 Å². The molecule has 1 amide bonds. The van der Waals surface area contributed by atoms with E-state index in [0.29, 0.717) is 17.7 Å². The molecule has 1 aromatic heterocycles. The molecule has 1 N–H and O–H groups in total. The minimum atomic E-state index is -3.70. The molecule has 0 saturated carbocycles. The second kappa shape index (κ2) is 8.83. The summed E-state index contributed by atoms with van der Waals surface area (Å²) in [4.78, 5) is 16.3. The molecule has 0 fully saturated rings. The van der Waals surface area contributed by atoms with Crippen LogP contribution in [0.5, 0.6) is 0 Å². The van der Waals surface area contributed by atoms with Gasteiger partial charge in [0.15, 0.2) is 0 Å². The quantitative estimate of drug-likeness (QED) is 0.646. The molecule has 8 heteroatoms. The highest BCUT2D eigenvalue weighted by Gasteiger charge is 2.21. The molecule has 3 aromatic rings. The third-order valence-corrected chi connectivity index (χ3v) is 5.37. The van der Waals surface area contributed by atoms with Gasteiger partial charge in [-0.3, -0.25) is 14.1 Å². The molecule has 0 atom stereocenters. The Labute approximate surface area is 169 Å². The lowest BCUT2D eigenvalue weighted by molar-refractivity contribution is 0.0951. The van der Waals surface area contributed by atoms with Crippen LogP contribution >= 0.6 is 0 Å². The number of benzene rings is 2. The third-order valence-electron chi connectivity index (χ3n) is 4.24. The Morgan fingerprint density at radius 2 is 1.76 bits per heavy atom. The monoisotopic (exact) mass is 413 g/mol. The van der Waals surface area contributed by atoms with E-state index in [9.17, 15) is 17.6 Å². The number of sulfonamides is 1. The maximum absolute atomic E-state index is 14.1. The molecule has 0 bridgehead atoms. The summed E-state index contributed by atoms with van der Waals surface area (Å²) in [6.07, 6.45) is 4.36. The van der Waals surface area contributed by atoms with Gasteiger partial charge < -0.3 is 5.32 Å². The number of nitrogens with one attached hydrogen (secondary N) is 1. The van der Waals surface area contributed by atoms with Crippen LogP contribution in [0.2, 0.25) is 0 Å². The highest BCUT2D eigenvalue weighted by molar-refractivity contribution is 7.92. The van der Waals surface area contributed by atoms with Crippen LogP contribution in [0, 0.1) is 5.82 Å². The number of carbonyl (C=O) groups excluding carboxylic acids is 1. The zero-order valence-electron chi connectivity index (χ0n) is 15.7. The maximum Gasteiger partial charge on any atom is 0.251 e. The standard InChI is InChI=1S/C21H20FN3O3S/c1-29(27,28)25(20-7-3-2-6-19(20)22)15-16-8-10-18(11-9-16)21(26)24-14-17-5-4-12-23-13-17/h2-13H,14-15H2,1H3,(H,24,26). The Hall–Kier alpha value is -3.26. The number of amides is 1. The third kappa shape index (κ3) is 5.39. The van der Waals surface area contributed by atoms with Crippen molar-refractivity contribution in [3.05, 3.63) is 95.6 Å². The van der Waals surface area contributed by atoms with Crippen molar-refractivity contribution in [3.8, 4) is 0 Å². The fraction of sp³-hybridized carbons (Fsp3) is 0.143. The van der Waals surface area contributed by atoms with E-state index >= 15 is 0 Å². The van der Waals surface area contributed by atoms with Crippen molar-refractivity contribution in [2.75, 3.05) is 10.6 Å². The Bertz CT molecular complexity index is 1090. The van der Waals surface area contributed by atoms with Gasteiger partial charge in [0.2, 0.25) is 10.0 Å². The highest BCUT2D eigenvalue weighted by atomic mass is 32.2. The van der Waals surface area contributed by atoms with E-state index in [-0.39, 0.29) is 18.1 Å². The van der Waals surface area contributed by atoms with Crippen molar-refractivity contribution in [2.24, 2.45) is 0 Å².